The number of rotatable bonds is 9. The van der Waals surface area contributed by atoms with Crippen molar-refractivity contribution in [3.05, 3.63) is 100 Å². The van der Waals surface area contributed by atoms with E-state index in [0.717, 1.165) is 38.3 Å². The van der Waals surface area contributed by atoms with Crippen molar-refractivity contribution in [3.63, 3.8) is 0 Å². The summed E-state index contributed by atoms with van der Waals surface area (Å²) in [6.45, 7) is 1.87. The summed E-state index contributed by atoms with van der Waals surface area (Å²) >= 11 is 7.56. The highest BCUT2D eigenvalue weighted by Gasteiger charge is 2.21. The van der Waals surface area contributed by atoms with Crippen molar-refractivity contribution in [2.24, 2.45) is 5.73 Å². The van der Waals surface area contributed by atoms with Crippen molar-refractivity contribution in [2.75, 3.05) is 0 Å². The molecule has 1 atom stereocenters. The molecule has 5 rings (SSSR count). The molecule has 0 unspecified atom stereocenters. The van der Waals surface area contributed by atoms with Gasteiger partial charge in [-0.25, -0.2) is 4.98 Å². The Kier molecular flexibility index (Phi) is 7.18. The van der Waals surface area contributed by atoms with Crippen LogP contribution in [0.15, 0.2) is 79.1 Å². The summed E-state index contributed by atoms with van der Waals surface area (Å²) in [5.74, 6) is -0.999. The highest BCUT2D eigenvalue weighted by atomic mass is 35.5. The predicted molar refractivity (Wildman–Crippen MR) is 149 cm³/mol. The number of nitrogens with zero attached hydrogens (tertiary/aromatic N) is 2. The third-order valence-corrected chi connectivity index (χ3v) is 7.70. The van der Waals surface area contributed by atoms with Gasteiger partial charge < -0.3 is 15.6 Å². The molecule has 7 nitrogen and oxygen atoms in total. The molecular weight excluding hydrogens is 522 g/mol. The van der Waals surface area contributed by atoms with Gasteiger partial charge in [0.1, 0.15) is 28.1 Å². The maximum absolute atomic E-state index is 12.2. The predicted octanol–water partition coefficient (Wildman–Crippen LogP) is 6.66. The van der Waals surface area contributed by atoms with E-state index in [1.165, 1.54) is 11.3 Å². The van der Waals surface area contributed by atoms with Gasteiger partial charge >= 0.3 is 5.97 Å². The molecule has 0 spiro atoms. The molecule has 0 saturated heterocycles. The number of ether oxygens (including phenoxy) is 1. The molecule has 5 aromatic rings. The van der Waals surface area contributed by atoms with Crippen molar-refractivity contribution in [3.8, 4) is 21.9 Å². The van der Waals surface area contributed by atoms with Crippen LogP contribution in [-0.4, -0.2) is 26.5 Å². The number of primary amides is 1. The van der Waals surface area contributed by atoms with E-state index in [0.29, 0.717) is 22.1 Å². The number of benzene rings is 3. The van der Waals surface area contributed by atoms with Gasteiger partial charge in [-0.2, -0.15) is 0 Å². The van der Waals surface area contributed by atoms with Gasteiger partial charge in [0, 0.05) is 23.1 Å². The number of carbonyl (C=O) groups excluding carboxylic acids is 1. The highest BCUT2D eigenvalue weighted by Crippen LogP contribution is 2.37. The van der Waals surface area contributed by atoms with Crippen LogP contribution < -0.4 is 10.5 Å². The van der Waals surface area contributed by atoms with E-state index in [4.69, 9.17) is 27.2 Å². The van der Waals surface area contributed by atoms with Crippen molar-refractivity contribution < 1.29 is 19.4 Å². The van der Waals surface area contributed by atoms with Gasteiger partial charge in [-0.3, -0.25) is 14.2 Å². The fourth-order valence-electron chi connectivity index (χ4n) is 4.32. The molecule has 2 aromatic heterocycles. The zero-order chi connectivity index (χ0) is 26.8. The van der Waals surface area contributed by atoms with Crippen LogP contribution in [0, 0.1) is 0 Å². The van der Waals surface area contributed by atoms with Crippen LogP contribution in [0.1, 0.15) is 40.2 Å². The standard InChI is InChI=1S/C29H24ClN3O4S/c1-17(21-7-2-3-8-22(21)30)37-25-15-26(38-28(25)29(31)36)33-16-32-23-14-20(10-11-24(23)33)19-6-4-5-18(13-19)9-12-27(34)35/h2-8,10-11,13-17H,9,12H2,1H3,(H2,31,36)(H,34,35)/t17-/m1/s1. The lowest BCUT2D eigenvalue weighted by atomic mass is 10.0. The van der Waals surface area contributed by atoms with Gasteiger partial charge in [-0.05, 0) is 48.2 Å². The maximum atomic E-state index is 12.2. The number of carbonyl (C=O) groups is 2. The Bertz CT molecular complexity index is 1660. The second-order valence-electron chi connectivity index (χ2n) is 8.84. The normalized spacial score (nSPS) is 11.9. The Hall–Kier alpha value is -4.14. The first-order valence-corrected chi connectivity index (χ1v) is 13.1. The third-order valence-electron chi connectivity index (χ3n) is 6.23. The third kappa shape index (κ3) is 5.27. The molecule has 0 radical (unpaired) electrons. The van der Waals surface area contributed by atoms with Gasteiger partial charge in [0.15, 0.2) is 0 Å². The minimum absolute atomic E-state index is 0.0872. The molecule has 3 aromatic carbocycles. The van der Waals surface area contributed by atoms with Crippen molar-refractivity contribution in [1.82, 2.24) is 9.55 Å². The lowest BCUT2D eigenvalue weighted by molar-refractivity contribution is -0.136. The van der Waals surface area contributed by atoms with Crippen molar-refractivity contribution in [2.45, 2.75) is 25.9 Å². The smallest absolute Gasteiger partial charge is 0.303 e. The number of carboxylic acids is 1. The van der Waals surface area contributed by atoms with E-state index >= 15 is 0 Å². The molecule has 0 aliphatic heterocycles. The lowest BCUT2D eigenvalue weighted by Crippen LogP contribution is -2.12. The molecular formula is C29H24ClN3O4S. The van der Waals surface area contributed by atoms with Crippen LogP contribution >= 0.6 is 22.9 Å². The van der Waals surface area contributed by atoms with Crippen LogP contribution in [0.2, 0.25) is 5.02 Å². The van der Waals surface area contributed by atoms with E-state index < -0.39 is 18.0 Å². The SMILES string of the molecule is C[C@@H](Oc1cc(-n2cnc3cc(-c4cccc(CCC(=O)O)c4)ccc32)sc1C(N)=O)c1ccccc1Cl. The Morgan fingerprint density at radius 1 is 1.08 bits per heavy atom. The fourth-order valence-corrected chi connectivity index (χ4v) is 5.54. The minimum atomic E-state index is -0.817. The summed E-state index contributed by atoms with van der Waals surface area (Å²) in [4.78, 5) is 28.1. The largest absolute Gasteiger partial charge is 0.484 e. The second-order valence-corrected chi connectivity index (χ2v) is 10.3. The Morgan fingerprint density at radius 2 is 1.87 bits per heavy atom. The van der Waals surface area contributed by atoms with Crippen LogP contribution in [0.4, 0.5) is 0 Å². The van der Waals surface area contributed by atoms with Gasteiger partial charge in [-0.1, -0.05) is 60.1 Å². The van der Waals surface area contributed by atoms with Crippen LogP contribution in [-0.2, 0) is 11.2 Å². The molecule has 2 heterocycles. The first kappa shape index (κ1) is 25.5. The van der Waals surface area contributed by atoms with Crippen LogP contribution in [0.3, 0.4) is 0 Å². The molecule has 0 fully saturated rings. The lowest BCUT2D eigenvalue weighted by Gasteiger charge is -2.16. The van der Waals surface area contributed by atoms with Gasteiger partial charge in [0.05, 0.1) is 11.0 Å². The highest BCUT2D eigenvalue weighted by molar-refractivity contribution is 7.16. The van der Waals surface area contributed by atoms with E-state index in [9.17, 15) is 9.59 Å². The second kappa shape index (κ2) is 10.7. The van der Waals surface area contributed by atoms with E-state index in [2.05, 4.69) is 4.98 Å². The zero-order valence-corrected chi connectivity index (χ0v) is 22.0. The minimum Gasteiger partial charge on any atom is -0.484 e. The van der Waals surface area contributed by atoms with Gasteiger partial charge in [-0.15, -0.1) is 11.3 Å². The Morgan fingerprint density at radius 3 is 2.63 bits per heavy atom. The molecule has 38 heavy (non-hydrogen) atoms. The van der Waals surface area contributed by atoms with Crippen molar-refractivity contribution >= 4 is 45.8 Å². The van der Waals surface area contributed by atoms with E-state index in [-0.39, 0.29) is 6.42 Å². The summed E-state index contributed by atoms with van der Waals surface area (Å²) in [5, 5.41) is 10.3. The molecule has 3 N–H and O–H groups in total. The van der Waals surface area contributed by atoms with Gasteiger partial charge in [0.25, 0.3) is 5.91 Å². The summed E-state index contributed by atoms with van der Waals surface area (Å²) in [6, 6.07) is 23.0. The number of amides is 1. The summed E-state index contributed by atoms with van der Waals surface area (Å²) < 4.78 is 8.04. The topological polar surface area (TPSA) is 107 Å². The molecule has 0 aliphatic rings. The molecule has 9 heteroatoms. The first-order chi connectivity index (χ1) is 18.3. The molecule has 0 aliphatic carbocycles. The number of thiophene rings is 1. The fraction of sp³-hybridized carbons (Fsp3) is 0.138. The van der Waals surface area contributed by atoms with Crippen molar-refractivity contribution in [1.29, 1.82) is 0 Å². The van der Waals surface area contributed by atoms with Crippen LogP contribution in [0.25, 0.3) is 27.2 Å². The number of aromatic nitrogens is 2. The van der Waals surface area contributed by atoms with E-state index in [1.54, 1.807) is 18.5 Å². The number of carboxylic acid groups (broad SMARTS) is 1. The van der Waals surface area contributed by atoms with Crippen LogP contribution in [0.5, 0.6) is 5.75 Å². The number of nitrogens with two attached hydrogens (primary N) is 1. The number of hydrogen-bond donors (Lipinski definition) is 2. The number of imidazole rings is 1. The molecule has 0 bridgehead atoms. The monoisotopic (exact) mass is 545 g/mol. The summed E-state index contributed by atoms with van der Waals surface area (Å²) in [6.07, 6.45) is 1.87. The molecule has 192 valence electrons. The van der Waals surface area contributed by atoms with E-state index in [1.807, 2.05) is 72.2 Å². The zero-order valence-electron chi connectivity index (χ0n) is 20.4. The summed E-state index contributed by atoms with van der Waals surface area (Å²) in [5.41, 5.74) is 11.1. The number of fused-ring (bicyclic) bond motifs is 1. The molecule has 0 saturated carbocycles. The number of aryl methyl sites for hydroxylation is 1. The first-order valence-electron chi connectivity index (χ1n) is 11.9. The van der Waals surface area contributed by atoms with Gasteiger partial charge in [0.2, 0.25) is 0 Å². The summed E-state index contributed by atoms with van der Waals surface area (Å²) in [7, 11) is 0. The maximum Gasteiger partial charge on any atom is 0.303 e. The Labute approximate surface area is 228 Å². The average Bonchev–Trinajstić information content (AvgIpc) is 3.51. The number of aliphatic carboxylic acids is 1. The average molecular weight is 546 g/mol. The number of hydrogen-bond acceptors (Lipinski definition) is 5. The Balaban J connectivity index is 1.45. The quantitative estimate of drug-likeness (QED) is 0.215. The number of halogens is 1. The molecule has 1 amide bonds.